The monoisotopic (exact) mass is 379 g/mol. The van der Waals surface area contributed by atoms with Crippen LogP contribution in [0.25, 0.3) is 11.1 Å². The number of hydrogen-bond acceptors (Lipinski definition) is 4. The van der Waals surface area contributed by atoms with Crippen LogP contribution in [-0.4, -0.2) is 24.6 Å². The number of halogens is 1. The first kappa shape index (κ1) is 21.0. The third kappa shape index (κ3) is 6.48. The lowest BCUT2D eigenvalue weighted by Gasteiger charge is -2.07. The van der Waals surface area contributed by atoms with Crippen LogP contribution < -0.4 is 10.6 Å². The van der Waals surface area contributed by atoms with Crippen LogP contribution in [0.5, 0.6) is 0 Å². The smallest absolute Gasteiger partial charge is 0.295 e. The summed E-state index contributed by atoms with van der Waals surface area (Å²) in [7, 11) is 0. The van der Waals surface area contributed by atoms with E-state index in [9.17, 15) is 0 Å². The number of aryl methyl sites for hydroxylation is 1. The molecule has 0 aliphatic carbocycles. The van der Waals surface area contributed by atoms with E-state index in [0.717, 1.165) is 37.2 Å². The molecule has 1 saturated heterocycles. The third-order valence-electron chi connectivity index (χ3n) is 5.23. The van der Waals surface area contributed by atoms with Crippen LogP contribution in [0.4, 0.5) is 6.01 Å². The average molecular weight is 380 g/mol. The van der Waals surface area contributed by atoms with Crippen LogP contribution in [0.3, 0.4) is 0 Å². The molecule has 1 fully saturated rings. The zero-order valence-electron chi connectivity index (χ0n) is 16.1. The van der Waals surface area contributed by atoms with Gasteiger partial charge in [-0.15, -0.1) is 12.4 Å². The lowest BCUT2D eigenvalue weighted by molar-refractivity contribution is 0.574. The molecule has 3 rings (SSSR count). The van der Waals surface area contributed by atoms with Gasteiger partial charge in [-0.2, -0.15) is 4.98 Å². The maximum atomic E-state index is 5.82. The molecule has 0 spiro atoms. The minimum absolute atomic E-state index is 0. The highest BCUT2D eigenvalue weighted by molar-refractivity contribution is 5.85. The number of rotatable bonds is 11. The number of aromatic nitrogens is 1. The molecule has 1 aromatic carbocycles. The first-order chi connectivity index (χ1) is 12.3. The van der Waals surface area contributed by atoms with Crippen molar-refractivity contribution in [2.24, 2.45) is 5.92 Å². The van der Waals surface area contributed by atoms with Gasteiger partial charge in [0, 0.05) is 6.54 Å². The number of nitrogens with zero attached hydrogens (tertiary/aromatic N) is 1. The van der Waals surface area contributed by atoms with Gasteiger partial charge in [-0.1, -0.05) is 51.5 Å². The summed E-state index contributed by atoms with van der Waals surface area (Å²) in [5.41, 5.74) is 3.24. The summed E-state index contributed by atoms with van der Waals surface area (Å²) in [6.45, 7) is 5.43. The molecule has 26 heavy (non-hydrogen) atoms. The Bertz CT molecular complexity index is 637. The number of oxazole rings is 1. The van der Waals surface area contributed by atoms with Crippen molar-refractivity contribution < 1.29 is 4.42 Å². The maximum absolute atomic E-state index is 5.82. The van der Waals surface area contributed by atoms with Gasteiger partial charge in [-0.05, 0) is 56.0 Å². The summed E-state index contributed by atoms with van der Waals surface area (Å²) >= 11 is 0. The van der Waals surface area contributed by atoms with E-state index >= 15 is 0 Å². The summed E-state index contributed by atoms with van der Waals surface area (Å²) in [5, 5.41) is 6.74. The molecule has 1 aliphatic heterocycles. The number of anilines is 1. The molecular weight excluding hydrogens is 346 g/mol. The molecule has 1 aromatic heterocycles. The summed E-state index contributed by atoms with van der Waals surface area (Å²) in [5.74, 6) is 0.683. The van der Waals surface area contributed by atoms with Gasteiger partial charge >= 0.3 is 0 Å². The van der Waals surface area contributed by atoms with E-state index in [-0.39, 0.29) is 12.4 Å². The zero-order valence-corrected chi connectivity index (χ0v) is 16.9. The van der Waals surface area contributed by atoms with Crippen molar-refractivity contribution in [2.75, 3.05) is 25.0 Å². The minimum Gasteiger partial charge on any atom is -0.424 e. The molecule has 1 atom stereocenters. The van der Waals surface area contributed by atoms with Crippen LogP contribution in [0.2, 0.25) is 0 Å². The first-order valence-electron chi connectivity index (χ1n) is 10.2. The van der Waals surface area contributed by atoms with Gasteiger partial charge in [0.2, 0.25) is 0 Å². The largest absolute Gasteiger partial charge is 0.424 e. The van der Waals surface area contributed by atoms with E-state index in [0.29, 0.717) is 11.9 Å². The maximum Gasteiger partial charge on any atom is 0.295 e. The number of fused-ring (bicyclic) bond motifs is 1. The van der Waals surface area contributed by atoms with Crippen LogP contribution in [0.1, 0.15) is 63.9 Å². The quantitative estimate of drug-likeness (QED) is 0.501. The lowest BCUT2D eigenvalue weighted by Crippen LogP contribution is -2.17. The predicted octanol–water partition coefficient (Wildman–Crippen LogP) is 5.56. The number of benzene rings is 1. The molecule has 2 N–H and O–H groups in total. The van der Waals surface area contributed by atoms with Crippen molar-refractivity contribution in [2.45, 2.75) is 64.7 Å². The fourth-order valence-electron chi connectivity index (χ4n) is 3.61. The molecule has 2 heterocycles. The molecule has 0 amide bonds. The van der Waals surface area contributed by atoms with Gasteiger partial charge in [0.1, 0.15) is 5.52 Å². The SMILES string of the molecule is CCCCCCCCCc1ccc2oc(NC[C@H]3CCNC3)nc2c1.Cl. The molecular formula is C21H34ClN3O. The van der Waals surface area contributed by atoms with E-state index in [1.807, 2.05) is 0 Å². The first-order valence-corrected chi connectivity index (χ1v) is 10.2. The Morgan fingerprint density at radius 3 is 2.73 bits per heavy atom. The van der Waals surface area contributed by atoms with E-state index in [1.54, 1.807) is 0 Å². The molecule has 5 heteroatoms. The topological polar surface area (TPSA) is 50.1 Å². The lowest BCUT2D eigenvalue weighted by atomic mass is 10.0. The highest BCUT2D eigenvalue weighted by Crippen LogP contribution is 2.22. The Morgan fingerprint density at radius 1 is 1.15 bits per heavy atom. The second-order valence-electron chi connectivity index (χ2n) is 7.43. The Morgan fingerprint density at radius 2 is 1.96 bits per heavy atom. The predicted molar refractivity (Wildman–Crippen MR) is 112 cm³/mol. The van der Waals surface area contributed by atoms with Crippen LogP contribution in [0, 0.1) is 5.92 Å². The molecule has 0 saturated carbocycles. The highest BCUT2D eigenvalue weighted by Gasteiger charge is 2.15. The van der Waals surface area contributed by atoms with Crippen molar-refractivity contribution >= 4 is 29.5 Å². The van der Waals surface area contributed by atoms with E-state index in [2.05, 4.69) is 40.7 Å². The molecule has 4 nitrogen and oxygen atoms in total. The van der Waals surface area contributed by atoms with E-state index in [4.69, 9.17) is 4.42 Å². The fraction of sp³-hybridized carbons (Fsp3) is 0.667. The Balaban J connectivity index is 0.00000243. The van der Waals surface area contributed by atoms with Crippen molar-refractivity contribution in [3.63, 3.8) is 0 Å². The number of unbranched alkanes of at least 4 members (excludes halogenated alkanes) is 6. The van der Waals surface area contributed by atoms with Gasteiger partial charge in [0.05, 0.1) is 0 Å². The second kappa shape index (κ2) is 11.5. The van der Waals surface area contributed by atoms with Crippen molar-refractivity contribution in [1.82, 2.24) is 10.3 Å². The summed E-state index contributed by atoms with van der Waals surface area (Å²) in [6, 6.07) is 7.12. The highest BCUT2D eigenvalue weighted by atomic mass is 35.5. The summed E-state index contributed by atoms with van der Waals surface area (Å²) < 4.78 is 5.82. The third-order valence-corrected chi connectivity index (χ3v) is 5.23. The van der Waals surface area contributed by atoms with Gasteiger partial charge in [-0.3, -0.25) is 0 Å². The van der Waals surface area contributed by atoms with Crippen molar-refractivity contribution in [3.8, 4) is 0 Å². The molecule has 0 bridgehead atoms. The average Bonchev–Trinajstić information content (AvgIpc) is 3.28. The summed E-state index contributed by atoms with van der Waals surface area (Å²) in [6.07, 6.45) is 11.9. The molecule has 1 aliphatic rings. The molecule has 0 radical (unpaired) electrons. The Labute approximate surface area is 163 Å². The van der Waals surface area contributed by atoms with Gasteiger partial charge in [-0.25, -0.2) is 0 Å². The number of hydrogen-bond donors (Lipinski definition) is 2. The minimum atomic E-state index is 0. The van der Waals surface area contributed by atoms with Crippen LogP contribution >= 0.6 is 12.4 Å². The van der Waals surface area contributed by atoms with Gasteiger partial charge in [0.25, 0.3) is 6.01 Å². The standard InChI is InChI=1S/C21H33N3O.ClH/c1-2-3-4-5-6-7-8-9-17-10-11-20-19(14-17)24-21(25-20)23-16-18-12-13-22-15-18;/h10-11,14,18,22H,2-9,12-13,15-16H2,1H3,(H,23,24);1H/t18-;/m0./s1. The van der Waals surface area contributed by atoms with Crippen LogP contribution in [-0.2, 0) is 6.42 Å². The van der Waals surface area contributed by atoms with Crippen molar-refractivity contribution in [1.29, 1.82) is 0 Å². The fourth-order valence-corrected chi connectivity index (χ4v) is 3.61. The Kier molecular flexibility index (Phi) is 9.27. The Hall–Kier alpha value is -1.26. The van der Waals surface area contributed by atoms with E-state index in [1.165, 1.54) is 56.9 Å². The zero-order chi connectivity index (χ0) is 17.3. The van der Waals surface area contributed by atoms with Crippen LogP contribution in [0.15, 0.2) is 22.6 Å². The molecule has 146 valence electrons. The van der Waals surface area contributed by atoms with Gasteiger partial charge < -0.3 is 15.1 Å². The second-order valence-corrected chi connectivity index (χ2v) is 7.43. The van der Waals surface area contributed by atoms with E-state index < -0.39 is 0 Å². The molecule has 2 aromatic rings. The summed E-state index contributed by atoms with van der Waals surface area (Å²) in [4.78, 5) is 4.61. The molecule has 0 unspecified atom stereocenters. The number of nitrogens with one attached hydrogen (secondary N) is 2. The normalized spacial score (nSPS) is 16.7. The van der Waals surface area contributed by atoms with Crippen molar-refractivity contribution in [3.05, 3.63) is 23.8 Å². The van der Waals surface area contributed by atoms with Gasteiger partial charge in [0.15, 0.2) is 5.58 Å².